The van der Waals surface area contributed by atoms with Gasteiger partial charge in [-0.05, 0) is 87.9 Å². The minimum Gasteiger partial charge on any atom is -0.381 e. The van der Waals surface area contributed by atoms with Crippen molar-refractivity contribution >= 4 is 51.3 Å². The van der Waals surface area contributed by atoms with Crippen molar-refractivity contribution in [2.45, 2.75) is 57.6 Å². The van der Waals surface area contributed by atoms with Crippen molar-refractivity contribution in [3.63, 3.8) is 0 Å². The van der Waals surface area contributed by atoms with Gasteiger partial charge in [0, 0.05) is 29.6 Å². The van der Waals surface area contributed by atoms with Gasteiger partial charge in [-0.1, -0.05) is 23.2 Å². The smallest absolute Gasteiger partial charge is 0.125 e. The third-order valence-electron chi connectivity index (χ3n) is 7.68. The van der Waals surface area contributed by atoms with E-state index < -0.39 is 0 Å². The number of rotatable bonds is 5. The molecule has 206 valence electrons. The number of fused-ring (bicyclic) bond motifs is 2. The normalized spacial score (nSPS) is 20.3. The molecular weight excluding hydrogens is 548 g/mol. The van der Waals surface area contributed by atoms with E-state index in [0.717, 1.165) is 65.0 Å². The highest BCUT2D eigenvalue weighted by molar-refractivity contribution is 6.40. The van der Waals surface area contributed by atoms with Gasteiger partial charge in [-0.15, -0.1) is 0 Å². The van der Waals surface area contributed by atoms with Gasteiger partial charge < -0.3 is 14.6 Å². The van der Waals surface area contributed by atoms with E-state index >= 15 is 0 Å². The van der Waals surface area contributed by atoms with Gasteiger partial charge in [-0.3, -0.25) is 9.98 Å². The van der Waals surface area contributed by atoms with Gasteiger partial charge >= 0.3 is 0 Å². The van der Waals surface area contributed by atoms with E-state index in [2.05, 4.69) is 20.9 Å². The highest BCUT2D eigenvalue weighted by atomic mass is 35.5. The van der Waals surface area contributed by atoms with Crippen molar-refractivity contribution in [1.29, 1.82) is 0 Å². The second-order valence-corrected chi connectivity index (χ2v) is 11.3. The largest absolute Gasteiger partial charge is 0.381 e. The predicted molar refractivity (Wildman–Crippen MR) is 159 cm³/mol. The second kappa shape index (κ2) is 11.3. The lowest BCUT2D eigenvalue weighted by molar-refractivity contribution is 0.0663. The van der Waals surface area contributed by atoms with E-state index in [-0.39, 0.29) is 11.9 Å². The molecule has 1 aromatic carbocycles. The number of nitrogens with one attached hydrogen (secondary N) is 1. The number of halogens is 3. The van der Waals surface area contributed by atoms with Crippen LogP contribution in [0.1, 0.15) is 44.2 Å². The van der Waals surface area contributed by atoms with Crippen LogP contribution >= 0.6 is 23.2 Å². The summed E-state index contributed by atoms with van der Waals surface area (Å²) in [6, 6.07) is 12.9. The van der Waals surface area contributed by atoms with E-state index in [1.54, 1.807) is 19.4 Å². The lowest BCUT2D eigenvalue weighted by Crippen LogP contribution is -2.25. The molecule has 4 aliphatic rings. The van der Waals surface area contributed by atoms with Crippen LogP contribution in [-0.4, -0.2) is 33.8 Å². The SMILES string of the molecule is COC1CCC(/N=c2\cc3n(C4=CC(Cl)=C(Cl)CC4)c4ccc(F)cc4nc-3cc2Nc2ccc(C)nc2)CC1. The van der Waals surface area contributed by atoms with E-state index in [0.29, 0.717) is 40.2 Å². The molecule has 40 heavy (non-hydrogen) atoms. The zero-order valence-electron chi connectivity index (χ0n) is 22.4. The lowest BCUT2D eigenvalue weighted by Gasteiger charge is -2.26. The van der Waals surface area contributed by atoms with Gasteiger partial charge in [0.05, 0.1) is 62.5 Å². The van der Waals surface area contributed by atoms with Crippen molar-refractivity contribution in [2.75, 3.05) is 12.4 Å². The first-order valence-corrected chi connectivity index (χ1v) is 14.3. The molecule has 1 aliphatic heterocycles. The van der Waals surface area contributed by atoms with Crippen molar-refractivity contribution in [3.8, 4) is 11.4 Å². The van der Waals surface area contributed by atoms with E-state index in [1.807, 2.05) is 31.2 Å². The molecule has 9 heteroatoms. The number of allylic oxidation sites excluding steroid dienone is 4. The van der Waals surface area contributed by atoms with Crippen LogP contribution in [-0.2, 0) is 4.74 Å². The molecule has 3 aliphatic carbocycles. The molecule has 0 unspecified atom stereocenters. The first-order chi connectivity index (χ1) is 19.4. The van der Waals surface area contributed by atoms with Crippen molar-refractivity contribution < 1.29 is 9.13 Å². The molecule has 0 radical (unpaired) electrons. The summed E-state index contributed by atoms with van der Waals surface area (Å²) in [6.45, 7) is 1.96. The quantitative estimate of drug-likeness (QED) is 0.245. The minimum atomic E-state index is -0.341. The van der Waals surface area contributed by atoms with Gasteiger partial charge in [0.25, 0.3) is 0 Å². The summed E-state index contributed by atoms with van der Waals surface area (Å²) in [5, 5.41) is 5.50. The Hall–Kier alpha value is -3.26. The number of hydrogen-bond donors (Lipinski definition) is 1. The fraction of sp³-hybridized carbons (Fsp3) is 0.323. The Morgan fingerprint density at radius 2 is 1.88 bits per heavy atom. The number of methoxy groups -OCH3 is 1. The topological polar surface area (TPSA) is 64.3 Å². The van der Waals surface area contributed by atoms with Crippen molar-refractivity contribution in [1.82, 2.24) is 14.5 Å². The van der Waals surface area contributed by atoms with E-state index in [9.17, 15) is 4.39 Å². The van der Waals surface area contributed by atoms with Gasteiger partial charge in [-0.2, -0.15) is 0 Å². The molecule has 1 saturated carbocycles. The molecule has 0 saturated heterocycles. The summed E-state index contributed by atoms with van der Waals surface area (Å²) in [4.78, 5) is 14.6. The maximum absolute atomic E-state index is 14.3. The first-order valence-electron chi connectivity index (χ1n) is 13.6. The molecule has 1 aromatic heterocycles. The number of pyridine rings is 1. The summed E-state index contributed by atoms with van der Waals surface area (Å²) in [5.74, 6) is -0.341. The molecular formula is C31H30Cl2FN5O. The van der Waals surface area contributed by atoms with Crippen LogP contribution in [0, 0.1) is 12.7 Å². The summed E-state index contributed by atoms with van der Waals surface area (Å²) in [6.07, 6.45) is 9.20. The highest BCUT2D eigenvalue weighted by Crippen LogP contribution is 2.37. The molecule has 0 bridgehead atoms. The zero-order chi connectivity index (χ0) is 27.8. The van der Waals surface area contributed by atoms with Crippen LogP contribution in [0.15, 0.2) is 69.8 Å². The summed E-state index contributed by atoms with van der Waals surface area (Å²) in [7, 11) is 1.78. The Bertz CT molecular complexity index is 1670. The zero-order valence-corrected chi connectivity index (χ0v) is 23.9. The Morgan fingerprint density at radius 1 is 1.05 bits per heavy atom. The molecule has 0 spiro atoms. The Labute approximate surface area is 242 Å². The average molecular weight is 579 g/mol. The Morgan fingerprint density at radius 3 is 2.60 bits per heavy atom. The maximum atomic E-state index is 14.3. The summed E-state index contributed by atoms with van der Waals surface area (Å²) in [5.41, 5.74) is 6.49. The average Bonchev–Trinajstić information content (AvgIpc) is 2.95. The van der Waals surface area contributed by atoms with Gasteiger partial charge in [-0.25, -0.2) is 9.37 Å². The third kappa shape index (κ3) is 5.51. The first kappa shape index (κ1) is 26.9. The number of ether oxygens (including phenoxy) is 1. The minimum absolute atomic E-state index is 0.182. The maximum Gasteiger partial charge on any atom is 0.125 e. The molecule has 2 heterocycles. The highest BCUT2D eigenvalue weighted by Gasteiger charge is 2.23. The molecule has 0 atom stereocenters. The van der Waals surface area contributed by atoms with E-state index in [1.165, 1.54) is 12.1 Å². The summed E-state index contributed by atoms with van der Waals surface area (Å²) < 4.78 is 22.0. The molecule has 1 fully saturated rings. The van der Waals surface area contributed by atoms with Crippen molar-refractivity contribution in [2.24, 2.45) is 4.99 Å². The number of hydrogen-bond acceptors (Lipinski definition) is 5. The molecule has 1 N–H and O–H groups in total. The van der Waals surface area contributed by atoms with E-state index in [4.69, 9.17) is 37.9 Å². The molecule has 2 aromatic rings. The second-order valence-electron chi connectivity index (χ2n) is 10.4. The van der Waals surface area contributed by atoms with Gasteiger partial charge in [0.1, 0.15) is 5.82 Å². The van der Waals surface area contributed by atoms with Crippen LogP contribution < -0.4 is 10.7 Å². The number of aryl methyl sites for hydroxylation is 1. The number of aromatic nitrogens is 3. The van der Waals surface area contributed by atoms with Crippen LogP contribution in [0.2, 0.25) is 0 Å². The fourth-order valence-corrected chi connectivity index (χ4v) is 5.89. The van der Waals surface area contributed by atoms with Gasteiger partial charge in [0.15, 0.2) is 0 Å². The summed E-state index contributed by atoms with van der Waals surface area (Å²) >= 11 is 12.8. The van der Waals surface area contributed by atoms with Crippen molar-refractivity contribution in [3.05, 3.63) is 81.7 Å². The van der Waals surface area contributed by atoms with Crippen LogP contribution in [0.3, 0.4) is 0 Å². The number of nitrogens with zero attached hydrogens (tertiary/aromatic N) is 4. The van der Waals surface area contributed by atoms with Crippen LogP contribution in [0.4, 0.5) is 15.8 Å². The number of anilines is 2. The number of benzene rings is 2. The predicted octanol–water partition coefficient (Wildman–Crippen LogP) is 7.91. The molecule has 6 nitrogen and oxygen atoms in total. The van der Waals surface area contributed by atoms with Gasteiger partial charge in [0.2, 0.25) is 0 Å². The monoisotopic (exact) mass is 577 g/mol. The van der Waals surface area contributed by atoms with Crippen LogP contribution in [0.25, 0.3) is 28.1 Å². The Kier molecular flexibility index (Phi) is 7.62. The third-order valence-corrected chi connectivity index (χ3v) is 8.51. The standard InChI is InChI=1S/C31H30Cl2FN5O/c1-18-3-5-21(17-35-18)37-26-15-29-31(16-27(26)36-20-6-9-23(40-2)10-7-20)39(22-8-11-24(32)25(33)14-22)30-12-4-19(34)13-28(30)38-29/h3-5,12-17,20,23,37H,6-11H2,1-2H3/b36-27+. The molecule has 0 amide bonds. The fourth-order valence-electron chi connectivity index (χ4n) is 5.52. The molecule has 6 rings (SSSR count). The lowest BCUT2D eigenvalue weighted by atomic mass is 9.93. The van der Waals surface area contributed by atoms with Crippen LogP contribution in [0.5, 0.6) is 0 Å². The Balaban J connectivity index is 1.58.